The van der Waals surface area contributed by atoms with Crippen molar-refractivity contribution in [3.8, 4) is 0 Å². The van der Waals surface area contributed by atoms with E-state index >= 15 is 0 Å². The van der Waals surface area contributed by atoms with Gasteiger partial charge >= 0.3 is 0 Å². The molecular formula is C16H34N4O2. The molecule has 0 heterocycles. The Morgan fingerprint density at radius 2 is 2.00 bits per heavy atom. The number of methoxy groups -OCH3 is 1. The molecule has 0 aliphatic carbocycles. The normalized spacial score (nSPS) is 13.7. The van der Waals surface area contributed by atoms with Crippen LogP contribution in [-0.4, -0.2) is 63.7 Å². The van der Waals surface area contributed by atoms with E-state index in [1.165, 1.54) is 0 Å². The second-order valence-corrected chi connectivity index (χ2v) is 6.67. The number of hydrogen-bond acceptors (Lipinski definition) is 3. The van der Waals surface area contributed by atoms with Gasteiger partial charge in [0.05, 0.1) is 0 Å². The zero-order valence-corrected chi connectivity index (χ0v) is 15.3. The Kier molecular flexibility index (Phi) is 9.81. The number of likely N-dealkylation sites (N-methyl/N-ethyl adjacent to an activating group) is 1. The summed E-state index contributed by atoms with van der Waals surface area (Å²) in [6, 6.07) is 0.308. The average molecular weight is 314 g/mol. The van der Waals surface area contributed by atoms with Crippen molar-refractivity contribution in [3.05, 3.63) is 0 Å². The molecule has 0 aromatic rings. The third-order valence-corrected chi connectivity index (χ3v) is 3.58. The molecule has 1 amide bonds. The van der Waals surface area contributed by atoms with Gasteiger partial charge in [0.2, 0.25) is 5.91 Å². The van der Waals surface area contributed by atoms with E-state index in [1.807, 2.05) is 0 Å². The molecule has 6 nitrogen and oxygen atoms in total. The molecule has 130 valence electrons. The van der Waals surface area contributed by atoms with Gasteiger partial charge in [-0.1, -0.05) is 20.8 Å². The van der Waals surface area contributed by atoms with Gasteiger partial charge in [0.1, 0.15) is 6.54 Å². The minimum Gasteiger partial charge on any atom is -0.385 e. The zero-order valence-electron chi connectivity index (χ0n) is 15.3. The minimum absolute atomic E-state index is 0.0103. The summed E-state index contributed by atoms with van der Waals surface area (Å²) in [7, 11) is 5.19. The third-order valence-electron chi connectivity index (χ3n) is 3.58. The van der Waals surface area contributed by atoms with Gasteiger partial charge in [-0.2, -0.15) is 0 Å². The fourth-order valence-electron chi connectivity index (χ4n) is 1.57. The molecule has 2 N–H and O–H groups in total. The number of guanidine groups is 1. The van der Waals surface area contributed by atoms with Crippen LogP contribution < -0.4 is 10.6 Å². The van der Waals surface area contributed by atoms with Crippen molar-refractivity contribution >= 4 is 11.9 Å². The molecular weight excluding hydrogens is 280 g/mol. The topological polar surface area (TPSA) is 66.0 Å². The fraction of sp³-hybridized carbons (Fsp3) is 0.875. The van der Waals surface area contributed by atoms with E-state index in [4.69, 9.17) is 4.74 Å². The molecule has 1 unspecified atom stereocenters. The van der Waals surface area contributed by atoms with Gasteiger partial charge in [-0.05, 0) is 25.2 Å². The van der Waals surface area contributed by atoms with Crippen molar-refractivity contribution in [3.63, 3.8) is 0 Å². The standard InChI is InChI=1S/C16H34N4O2/c1-8-13(2)19-15(17-11-14(21)20(5)6)18-12-16(3,4)9-10-22-7/h13H,8-12H2,1-7H3,(H2,17,18,19). The summed E-state index contributed by atoms with van der Waals surface area (Å²) in [5, 5.41) is 6.67. The molecule has 0 aromatic heterocycles. The second-order valence-electron chi connectivity index (χ2n) is 6.67. The van der Waals surface area contributed by atoms with Crippen molar-refractivity contribution in [1.29, 1.82) is 0 Å². The number of aliphatic imine (C=N–C) groups is 1. The lowest BCUT2D eigenvalue weighted by Crippen LogP contribution is -2.46. The maximum Gasteiger partial charge on any atom is 0.243 e. The van der Waals surface area contributed by atoms with Gasteiger partial charge in [-0.15, -0.1) is 0 Å². The van der Waals surface area contributed by atoms with Crippen LogP contribution in [0.5, 0.6) is 0 Å². The summed E-state index contributed by atoms with van der Waals surface area (Å²) >= 11 is 0. The highest BCUT2D eigenvalue weighted by Gasteiger charge is 2.18. The summed E-state index contributed by atoms with van der Waals surface area (Å²) in [6.07, 6.45) is 1.96. The Balaban J connectivity index is 4.65. The van der Waals surface area contributed by atoms with Gasteiger partial charge in [0.15, 0.2) is 5.96 Å². The lowest BCUT2D eigenvalue weighted by molar-refractivity contribution is -0.127. The number of nitrogens with one attached hydrogen (secondary N) is 2. The Bertz CT molecular complexity index is 354. The summed E-state index contributed by atoms with van der Waals surface area (Å²) in [4.78, 5) is 17.6. The maximum absolute atomic E-state index is 11.7. The van der Waals surface area contributed by atoms with Crippen molar-refractivity contribution in [2.45, 2.75) is 46.6 Å². The summed E-state index contributed by atoms with van der Waals surface area (Å²) < 4.78 is 5.15. The van der Waals surface area contributed by atoms with Gasteiger partial charge in [-0.3, -0.25) is 4.79 Å². The predicted octanol–water partition coefficient (Wildman–Crippen LogP) is 1.47. The lowest BCUT2D eigenvalue weighted by Gasteiger charge is -2.26. The van der Waals surface area contributed by atoms with Gasteiger partial charge in [0.25, 0.3) is 0 Å². The summed E-state index contributed by atoms with van der Waals surface area (Å²) in [5.74, 6) is 0.680. The van der Waals surface area contributed by atoms with Gasteiger partial charge in [-0.25, -0.2) is 4.99 Å². The molecule has 0 rings (SSSR count). The molecule has 0 saturated carbocycles. The van der Waals surface area contributed by atoms with Crippen LogP contribution in [0.3, 0.4) is 0 Å². The second kappa shape index (κ2) is 10.4. The van der Waals surface area contributed by atoms with E-state index in [0.29, 0.717) is 12.0 Å². The largest absolute Gasteiger partial charge is 0.385 e. The Morgan fingerprint density at radius 1 is 1.36 bits per heavy atom. The lowest BCUT2D eigenvalue weighted by atomic mass is 9.90. The first-order valence-corrected chi connectivity index (χ1v) is 7.95. The first-order chi connectivity index (χ1) is 10.2. The molecule has 0 aliphatic rings. The highest BCUT2D eigenvalue weighted by molar-refractivity contribution is 5.84. The van der Waals surface area contributed by atoms with Crippen LogP contribution in [0.25, 0.3) is 0 Å². The van der Waals surface area contributed by atoms with Crippen LogP contribution in [0.15, 0.2) is 4.99 Å². The molecule has 0 radical (unpaired) electrons. The number of amides is 1. The van der Waals surface area contributed by atoms with E-state index in [9.17, 15) is 4.79 Å². The number of rotatable bonds is 9. The van der Waals surface area contributed by atoms with E-state index in [0.717, 1.165) is 26.0 Å². The number of carbonyl (C=O) groups excluding carboxylic acids is 1. The Labute approximate surface area is 135 Å². The van der Waals surface area contributed by atoms with Crippen LogP contribution >= 0.6 is 0 Å². The smallest absolute Gasteiger partial charge is 0.243 e. The van der Waals surface area contributed by atoms with Gasteiger partial charge in [0, 0.05) is 40.4 Å². The van der Waals surface area contributed by atoms with E-state index in [2.05, 4.69) is 43.3 Å². The fourth-order valence-corrected chi connectivity index (χ4v) is 1.57. The van der Waals surface area contributed by atoms with Crippen molar-refractivity contribution in [2.75, 3.05) is 40.9 Å². The molecule has 22 heavy (non-hydrogen) atoms. The molecule has 0 aliphatic heterocycles. The monoisotopic (exact) mass is 314 g/mol. The van der Waals surface area contributed by atoms with Crippen molar-refractivity contribution in [2.24, 2.45) is 10.4 Å². The minimum atomic E-state index is -0.0103. The maximum atomic E-state index is 11.7. The molecule has 0 spiro atoms. The number of ether oxygens (including phenoxy) is 1. The average Bonchev–Trinajstić information content (AvgIpc) is 2.47. The molecule has 0 fully saturated rings. The number of carbonyl (C=O) groups is 1. The summed E-state index contributed by atoms with van der Waals surface area (Å²) in [5.41, 5.74) is 0.0967. The quantitative estimate of drug-likeness (QED) is 0.500. The van der Waals surface area contributed by atoms with Crippen LogP contribution in [-0.2, 0) is 9.53 Å². The number of hydrogen-bond donors (Lipinski definition) is 2. The van der Waals surface area contributed by atoms with Crippen LogP contribution in [0, 0.1) is 5.41 Å². The number of nitrogens with zero attached hydrogens (tertiary/aromatic N) is 2. The molecule has 6 heteroatoms. The molecule has 0 bridgehead atoms. The summed E-state index contributed by atoms with van der Waals surface area (Å²) in [6.45, 7) is 10.2. The van der Waals surface area contributed by atoms with E-state index in [-0.39, 0.29) is 17.9 Å². The van der Waals surface area contributed by atoms with E-state index in [1.54, 1.807) is 26.1 Å². The molecule has 0 saturated heterocycles. The van der Waals surface area contributed by atoms with Gasteiger partial charge < -0.3 is 20.3 Å². The Hall–Kier alpha value is -1.30. The van der Waals surface area contributed by atoms with Crippen molar-refractivity contribution < 1.29 is 9.53 Å². The first-order valence-electron chi connectivity index (χ1n) is 7.95. The predicted molar refractivity (Wildman–Crippen MR) is 92.2 cm³/mol. The van der Waals surface area contributed by atoms with Crippen molar-refractivity contribution in [1.82, 2.24) is 15.5 Å². The van der Waals surface area contributed by atoms with E-state index < -0.39 is 0 Å². The van der Waals surface area contributed by atoms with Crippen LogP contribution in [0.2, 0.25) is 0 Å². The highest BCUT2D eigenvalue weighted by atomic mass is 16.5. The zero-order chi connectivity index (χ0) is 17.2. The van der Waals surface area contributed by atoms with Crippen LogP contribution in [0.1, 0.15) is 40.5 Å². The molecule has 0 aromatic carbocycles. The SMILES string of the molecule is CCC(C)NC(=NCC(=O)N(C)C)NCC(C)(C)CCOC. The van der Waals surface area contributed by atoms with Crippen LogP contribution in [0.4, 0.5) is 0 Å². The Morgan fingerprint density at radius 3 is 2.50 bits per heavy atom. The third kappa shape index (κ3) is 9.60. The highest BCUT2D eigenvalue weighted by Crippen LogP contribution is 2.18. The first kappa shape index (κ1) is 20.7. The molecule has 1 atom stereocenters.